The van der Waals surface area contributed by atoms with E-state index in [1.165, 1.54) is 0 Å². The molecule has 0 aliphatic heterocycles. The standard InChI is InChI=1S/C11H16N2O2.ClH/c1-2-7-15-11(14)13-8-9-3-5-10(12)6-4-9;/h3-6H,2,7-8,12H2,1H3,(H,13,14);1H. The first-order chi connectivity index (χ1) is 7.22. The maximum absolute atomic E-state index is 11.1. The number of nitrogen functional groups attached to an aromatic ring is 1. The van der Waals surface area contributed by atoms with Gasteiger partial charge in [-0.05, 0) is 24.1 Å². The molecule has 0 aliphatic carbocycles. The number of anilines is 1. The van der Waals surface area contributed by atoms with Crippen molar-refractivity contribution in [1.82, 2.24) is 5.32 Å². The van der Waals surface area contributed by atoms with Crippen LogP contribution in [-0.4, -0.2) is 12.7 Å². The summed E-state index contributed by atoms with van der Waals surface area (Å²) in [5.41, 5.74) is 7.25. The summed E-state index contributed by atoms with van der Waals surface area (Å²) in [5, 5.41) is 2.65. The molecule has 3 N–H and O–H groups in total. The maximum Gasteiger partial charge on any atom is 0.407 e. The van der Waals surface area contributed by atoms with Crippen LogP contribution in [0.25, 0.3) is 0 Å². The van der Waals surface area contributed by atoms with E-state index >= 15 is 0 Å². The summed E-state index contributed by atoms with van der Waals surface area (Å²) in [5.74, 6) is 0. The van der Waals surface area contributed by atoms with E-state index in [1.54, 1.807) is 12.1 Å². The lowest BCUT2D eigenvalue weighted by Crippen LogP contribution is -2.23. The van der Waals surface area contributed by atoms with Crippen molar-refractivity contribution in [3.63, 3.8) is 0 Å². The third-order valence-corrected chi connectivity index (χ3v) is 1.85. The zero-order chi connectivity index (χ0) is 11.1. The molecule has 0 saturated heterocycles. The van der Waals surface area contributed by atoms with Crippen molar-refractivity contribution in [2.45, 2.75) is 19.9 Å². The molecule has 5 heteroatoms. The van der Waals surface area contributed by atoms with Gasteiger partial charge < -0.3 is 15.8 Å². The van der Waals surface area contributed by atoms with E-state index in [1.807, 2.05) is 19.1 Å². The number of alkyl carbamates (subject to hydrolysis) is 1. The first-order valence-corrected chi connectivity index (χ1v) is 4.97. The molecule has 0 spiro atoms. The number of ether oxygens (including phenoxy) is 1. The smallest absolute Gasteiger partial charge is 0.407 e. The largest absolute Gasteiger partial charge is 0.450 e. The normalized spacial score (nSPS) is 9.06. The number of nitrogens with one attached hydrogen (secondary N) is 1. The van der Waals surface area contributed by atoms with Crippen LogP contribution in [0.5, 0.6) is 0 Å². The van der Waals surface area contributed by atoms with Crippen LogP contribution in [0.3, 0.4) is 0 Å². The third-order valence-electron chi connectivity index (χ3n) is 1.85. The Kier molecular flexibility index (Phi) is 7.12. The molecule has 4 nitrogen and oxygen atoms in total. The van der Waals surface area contributed by atoms with E-state index < -0.39 is 0 Å². The summed E-state index contributed by atoms with van der Waals surface area (Å²) in [4.78, 5) is 11.1. The minimum absolute atomic E-state index is 0. The van der Waals surface area contributed by atoms with Gasteiger partial charge in [0.1, 0.15) is 0 Å². The molecule has 0 fully saturated rings. The molecule has 0 aliphatic rings. The van der Waals surface area contributed by atoms with Crippen molar-refractivity contribution in [2.24, 2.45) is 0 Å². The molecular weight excluding hydrogens is 228 g/mol. The topological polar surface area (TPSA) is 64.3 Å². The van der Waals surface area contributed by atoms with E-state index in [0.717, 1.165) is 12.0 Å². The second-order valence-electron chi connectivity index (χ2n) is 3.23. The van der Waals surface area contributed by atoms with E-state index in [0.29, 0.717) is 18.8 Å². The number of halogens is 1. The summed E-state index contributed by atoms with van der Waals surface area (Å²) in [6.45, 7) is 2.86. The molecule has 1 aromatic carbocycles. The van der Waals surface area contributed by atoms with Crippen LogP contribution in [-0.2, 0) is 11.3 Å². The Morgan fingerprint density at radius 2 is 2.00 bits per heavy atom. The number of benzene rings is 1. The Balaban J connectivity index is 0.00000225. The summed E-state index contributed by atoms with van der Waals surface area (Å²) < 4.78 is 4.86. The number of hydrogen-bond acceptors (Lipinski definition) is 3. The molecule has 0 heterocycles. The van der Waals surface area contributed by atoms with Gasteiger partial charge in [0.25, 0.3) is 0 Å². The van der Waals surface area contributed by atoms with Crippen LogP contribution in [0.15, 0.2) is 24.3 Å². The molecule has 0 radical (unpaired) electrons. The van der Waals surface area contributed by atoms with Crippen molar-refractivity contribution in [2.75, 3.05) is 12.3 Å². The van der Waals surface area contributed by atoms with Crippen molar-refractivity contribution >= 4 is 24.2 Å². The Hall–Kier alpha value is -1.42. The molecule has 0 aromatic heterocycles. The van der Waals surface area contributed by atoms with Crippen LogP contribution in [0.1, 0.15) is 18.9 Å². The Morgan fingerprint density at radius 3 is 2.56 bits per heavy atom. The summed E-state index contributed by atoms with van der Waals surface area (Å²) in [6, 6.07) is 7.34. The number of nitrogens with two attached hydrogens (primary N) is 1. The van der Waals surface area contributed by atoms with Gasteiger partial charge in [0.2, 0.25) is 0 Å². The second kappa shape index (κ2) is 7.82. The number of rotatable bonds is 4. The molecular formula is C11H17ClN2O2. The van der Waals surface area contributed by atoms with Gasteiger partial charge in [-0.3, -0.25) is 0 Å². The summed E-state index contributed by atoms with van der Waals surface area (Å²) >= 11 is 0. The predicted molar refractivity (Wildman–Crippen MR) is 66.6 cm³/mol. The zero-order valence-electron chi connectivity index (χ0n) is 9.23. The summed E-state index contributed by atoms with van der Waals surface area (Å²) in [6.07, 6.45) is 0.448. The lowest BCUT2D eigenvalue weighted by atomic mass is 10.2. The van der Waals surface area contributed by atoms with Gasteiger partial charge >= 0.3 is 6.09 Å². The van der Waals surface area contributed by atoms with E-state index in [4.69, 9.17) is 10.5 Å². The lowest BCUT2D eigenvalue weighted by molar-refractivity contribution is 0.146. The average molecular weight is 245 g/mol. The Labute approximate surface area is 102 Å². The van der Waals surface area contributed by atoms with Crippen LogP contribution >= 0.6 is 12.4 Å². The highest BCUT2D eigenvalue weighted by Gasteiger charge is 2.00. The van der Waals surface area contributed by atoms with Crippen molar-refractivity contribution < 1.29 is 9.53 Å². The molecule has 0 bridgehead atoms. The molecule has 0 saturated carbocycles. The third kappa shape index (κ3) is 5.46. The molecule has 90 valence electrons. The molecule has 0 unspecified atom stereocenters. The minimum Gasteiger partial charge on any atom is -0.450 e. The number of amides is 1. The van der Waals surface area contributed by atoms with Gasteiger partial charge in [-0.15, -0.1) is 12.4 Å². The van der Waals surface area contributed by atoms with Gasteiger partial charge in [-0.25, -0.2) is 4.79 Å². The van der Waals surface area contributed by atoms with Crippen molar-refractivity contribution in [3.8, 4) is 0 Å². The van der Waals surface area contributed by atoms with Gasteiger partial charge in [0.15, 0.2) is 0 Å². The van der Waals surface area contributed by atoms with Crippen molar-refractivity contribution in [3.05, 3.63) is 29.8 Å². The SMILES string of the molecule is CCCOC(=O)NCc1ccc(N)cc1.Cl. The van der Waals surface area contributed by atoms with Crippen LogP contribution in [0, 0.1) is 0 Å². The molecule has 16 heavy (non-hydrogen) atoms. The van der Waals surface area contributed by atoms with Crippen molar-refractivity contribution in [1.29, 1.82) is 0 Å². The lowest BCUT2D eigenvalue weighted by Gasteiger charge is -2.06. The second-order valence-corrected chi connectivity index (χ2v) is 3.23. The molecule has 1 aromatic rings. The number of hydrogen-bond donors (Lipinski definition) is 2. The fraction of sp³-hybridized carbons (Fsp3) is 0.364. The molecule has 1 rings (SSSR count). The summed E-state index contributed by atoms with van der Waals surface area (Å²) in [7, 11) is 0. The monoisotopic (exact) mass is 244 g/mol. The Bertz CT molecular complexity index is 314. The maximum atomic E-state index is 11.1. The van der Waals surface area contributed by atoms with Gasteiger partial charge in [-0.1, -0.05) is 19.1 Å². The average Bonchev–Trinajstić information content (AvgIpc) is 2.25. The van der Waals surface area contributed by atoms with E-state index in [-0.39, 0.29) is 18.5 Å². The molecule has 0 atom stereocenters. The first kappa shape index (κ1) is 14.6. The highest BCUT2D eigenvalue weighted by atomic mass is 35.5. The van der Waals surface area contributed by atoms with Crippen LogP contribution < -0.4 is 11.1 Å². The van der Waals surface area contributed by atoms with E-state index in [2.05, 4.69) is 5.32 Å². The van der Waals surface area contributed by atoms with Gasteiger partial charge in [-0.2, -0.15) is 0 Å². The minimum atomic E-state index is -0.381. The fourth-order valence-corrected chi connectivity index (χ4v) is 1.06. The fourth-order valence-electron chi connectivity index (χ4n) is 1.06. The van der Waals surface area contributed by atoms with Gasteiger partial charge in [0, 0.05) is 12.2 Å². The predicted octanol–water partition coefficient (Wildman–Crippen LogP) is 2.33. The highest BCUT2D eigenvalue weighted by Crippen LogP contribution is 2.04. The first-order valence-electron chi connectivity index (χ1n) is 4.97. The Morgan fingerprint density at radius 1 is 1.38 bits per heavy atom. The quantitative estimate of drug-likeness (QED) is 0.799. The van der Waals surface area contributed by atoms with Gasteiger partial charge in [0.05, 0.1) is 6.61 Å². The number of carbonyl (C=O) groups is 1. The molecule has 1 amide bonds. The highest BCUT2D eigenvalue weighted by molar-refractivity contribution is 5.85. The van der Waals surface area contributed by atoms with Crippen LogP contribution in [0.2, 0.25) is 0 Å². The zero-order valence-corrected chi connectivity index (χ0v) is 10.0. The number of carbonyl (C=O) groups excluding carboxylic acids is 1. The van der Waals surface area contributed by atoms with Crippen LogP contribution in [0.4, 0.5) is 10.5 Å². The van der Waals surface area contributed by atoms with E-state index in [9.17, 15) is 4.79 Å².